The highest BCUT2D eigenvalue weighted by Gasteiger charge is 2.19. The van der Waals surface area contributed by atoms with Crippen LogP contribution < -0.4 is 10.8 Å². The first-order chi connectivity index (χ1) is 7.16. The number of rotatable bonds is 2. The molecule has 1 aromatic rings. The van der Waals surface area contributed by atoms with Crippen LogP contribution in [0.25, 0.3) is 0 Å². The first-order valence-corrected chi connectivity index (χ1v) is 5.55. The molecule has 1 aliphatic carbocycles. The van der Waals surface area contributed by atoms with E-state index in [0.29, 0.717) is 6.04 Å². The van der Waals surface area contributed by atoms with Crippen LogP contribution >= 0.6 is 0 Å². The van der Waals surface area contributed by atoms with E-state index in [0.717, 1.165) is 18.4 Å². The molecule has 0 saturated heterocycles. The van der Waals surface area contributed by atoms with E-state index in [1.165, 1.54) is 17.4 Å². The summed E-state index contributed by atoms with van der Waals surface area (Å²) in [5, 5.41) is 3.04. The molecule has 1 amide bonds. The molecule has 1 aliphatic rings. The summed E-state index contributed by atoms with van der Waals surface area (Å²) in [6.45, 7) is 2.06. The standard InChI is InChI=1S/C12H16BNO/c1-8-5-6-9(7-11(8)13)12(15)14-10-3-2-4-10/h5-7,10H,2-4,13H2,1H3,(H,14,15). The molecule has 78 valence electrons. The third-order valence-corrected chi connectivity index (χ3v) is 3.21. The van der Waals surface area contributed by atoms with E-state index in [2.05, 4.69) is 12.2 Å². The van der Waals surface area contributed by atoms with Crippen molar-refractivity contribution in [2.75, 3.05) is 0 Å². The van der Waals surface area contributed by atoms with E-state index in [1.807, 2.05) is 26.0 Å². The van der Waals surface area contributed by atoms with Gasteiger partial charge in [-0.05, 0) is 32.3 Å². The lowest BCUT2D eigenvalue weighted by molar-refractivity contribution is 0.0917. The SMILES string of the molecule is Bc1cc(C(=O)NC2CCC2)ccc1C. The van der Waals surface area contributed by atoms with Gasteiger partial charge in [-0.2, -0.15) is 0 Å². The topological polar surface area (TPSA) is 29.1 Å². The van der Waals surface area contributed by atoms with E-state index in [-0.39, 0.29) is 5.91 Å². The zero-order chi connectivity index (χ0) is 10.8. The highest BCUT2D eigenvalue weighted by Crippen LogP contribution is 2.18. The van der Waals surface area contributed by atoms with Crippen LogP contribution in [-0.4, -0.2) is 19.8 Å². The summed E-state index contributed by atoms with van der Waals surface area (Å²) in [5.74, 6) is 0.0720. The van der Waals surface area contributed by atoms with Gasteiger partial charge in [0.05, 0.1) is 0 Å². The Bertz CT molecular complexity index is 385. The Morgan fingerprint density at radius 3 is 2.73 bits per heavy atom. The van der Waals surface area contributed by atoms with Gasteiger partial charge < -0.3 is 5.32 Å². The van der Waals surface area contributed by atoms with Crippen molar-refractivity contribution >= 4 is 19.2 Å². The Hall–Kier alpha value is -1.25. The van der Waals surface area contributed by atoms with E-state index < -0.39 is 0 Å². The second kappa shape index (κ2) is 4.09. The third kappa shape index (κ3) is 2.22. The molecule has 2 rings (SSSR count). The minimum Gasteiger partial charge on any atom is -0.349 e. The summed E-state index contributed by atoms with van der Waals surface area (Å²) in [5.41, 5.74) is 3.19. The van der Waals surface area contributed by atoms with Crippen molar-refractivity contribution in [1.82, 2.24) is 5.32 Å². The van der Waals surface area contributed by atoms with Crippen LogP contribution in [0, 0.1) is 6.92 Å². The van der Waals surface area contributed by atoms with Gasteiger partial charge in [0.25, 0.3) is 5.91 Å². The van der Waals surface area contributed by atoms with Crippen LogP contribution in [0.15, 0.2) is 18.2 Å². The molecule has 1 fully saturated rings. The average Bonchev–Trinajstić information content (AvgIpc) is 2.15. The smallest absolute Gasteiger partial charge is 0.251 e. The zero-order valence-corrected chi connectivity index (χ0v) is 9.34. The number of carbonyl (C=O) groups excluding carboxylic acids is 1. The quantitative estimate of drug-likeness (QED) is 0.695. The molecule has 1 saturated carbocycles. The van der Waals surface area contributed by atoms with Crippen molar-refractivity contribution in [3.63, 3.8) is 0 Å². The Morgan fingerprint density at radius 2 is 2.20 bits per heavy atom. The Kier molecular flexibility index (Phi) is 2.80. The molecule has 15 heavy (non-hydrogen) atoms. The summed E-state index contributed by atoms with van der Waals surface area (Å²) in [6, 6.07) is 6.28. The van der Waals surface area contributed by atoms with Crippen LogP contribution in [0.3, 0.4) is 0 Å². The summed E-state index contributed by atoms with van der Waals surface area (Å²) >= 11 is 0. The maximum atomic E-state index is 11.8. The van der Waals surface area contributed by atoms with Crippen LogP contribution in [0.4, 0.5) is 0 Å². The number of hydrogen-bond donors (Lipinski definition) is 1. The van der Waals surface area contributed by atoms with Crippen LogP contribution in [0.1, 0.15) is 35.2 Å². The second-order valence-electron chi connectivity index (χ2n) is 4.40. The lowest BCUT2D eigenvalue weighted by Crippen LogP contribution is -2.39. The van der Waals surface area contributed by atoms with Gasteiger partial charge in [-0.25, -0.2) is 0 Å². The van der Waals surface area contributed by atoms with Gasteiger partial charge in [0.1, 0.15) is 7.85 Å². The summed E-state index contributed by atoms with van der Waals surface area (Å²) in [7, 11) is 2.04. The van der Waals surface area contributed by atoms with Gasteiger partial charge in [0, 0.05) is 11.6 Å². The van der Waals surface area contributed by atoms with Gasteiger partial charge in [-0.3, -0.25) is 4.79 Å². The van der Waals surface area contributed by atoms with Gasteiger partial charge in [-0.1, -0.05) is 23.2 Å². The average molecular weight is 201 g/mol. The molecule has 0 aromatic heterocycles. The fourth-order valence-electron chi connectivity index (χ4n) is 1.70. The highest BCUT2D eigenvalue weighted by atomic mass is 16.1. The molecule has 1 N–H and O–H groups in total. The van der Waals surface area contributed by atoms with Gasteiger partial charge in [-0.15, -0.1) is 0 Å². The number of aryl methyl sites for hydroxylation is 1. The normalized spacial score (nSPS) is 15.8. The molecule has 0 spiro atoms. The molecule has 0 radical (unpaired) electrons. The highest BCUT2D eigenvalue weighted by molar-refractivity contribution is 6.33. The van der Waals surface area contributed by atoms with Gasteiger partial charge in [0.15, 0.2) is 0 Å². The summed E-state index contributed by atoms with van der Waals surface area (Å²) in [6.07, 6.45) is 3.52. The van der Waals surface area contributed by atoms with Gasteiger partial charge >= 0.3 is 0 Å². The number of amides is 1. The lowest BCUT2D eigenvalue weighted by Gasteiger charge is -2.26. The van der Waals surface area contributed by atoms with Crippen molar-refractivity contribution in [2.45, 2.75) is 32.2 Å². The predicted octanol–water partition coefficient (Wildman–Crippen LogP) is 0.536. The Balaban J connectivity index is 2.07. The Labute approximate surface area is 91.5 Å². The lowest BCUT2D eigenvalue weighted by atomic mass is 9.89. The first kappa shape index (κ1) is 10.3. The summed E-state index contributed by atoms with van der Waals surface area (Å²) in [4.78, 5) is 11.8. The molecular formula is C12H16BNO. The van der Waals surface area contributed by atoms with Crippen molar-refractivity contribution in [2.24, 2.45) is 0 Å². The molecule has 0 unspecified atom stereocenters. The molecule has 0 bridgehead atoms. The maximum absolute atomic E-state index is 11.8. The zero-order valence-electron chi connectivity index (χ0n) is 9.34. The van der Waals surface area contributed by atoms with Crippen LogP contribution in [0.5, 0.6) is 0 Å². The molecular weight excluding hydrogens is 185 g/mol. The van der Waals surface area contributed by atoms with Crippen LogP contribution in [0.2, 0.25) is 0 Å². The van der Waals surface area contributed by atoms with Crippen molar-refractivity contribution < 1.29 is 4.79 Å². The van der Waals surface area contributed by atoms with E-state index >= 15 is 0 Å². The fraction of sp³-hybridized carbons (Fsp3) is 0.417. The van der Waals surface area contributed by atoms with Crippen LogP contribution in [-0.2, 0) is 0 Å². The molecule has 0 heterocycles. The fourth-order valence-corrected chi connectivity index (χ4v) is 1.70. The van der Waals surface area contributed by atoms with E-state index in [9.17, 15) is 4.79 Å². The number of hydrogen-bond acceptors (Lipinski definition) is 1. The predicted molar refractivity (Wildman–Crippen MR) is 64.5 cm³/mol. The molecule has 1 aromatic carbocycles. The number of carbonyl (C=O) groups is 1. The Morgan fingerprint density at radius 1 is 1.47 bits per heavy atom. The van der Waals surface area contributed by atoms with E-state index in [4.69, 9.17) is 0 Å². The van der Waals surface area contributed by atoms with Gasteiger partial charge in [0.2, 0.25) is 0 Å². The third-order valence-electron chi connectivity index (χ3n) is 3.21. The van der Waals surface area contributed by atoms with E-state index in [1.54, 1.807) is 0 Å². The van der Waals surface area contributed by atoms with Crippen molar-refractivity contribution in [3.05, 3.63) is 29.3 Å². The summed E-state index contributed by atoms with van der Waals surface area (Å²) < 4.78 is 0. The second-order valence-corrected chi connectivity index (χ2v) is 4.40. The molecule has 2 nitrogen and oxygen atoms in total. The number of nitrogens with one attached hydrogen (secondary N) is 1. The maximum Gasteiger partial charge on any atom is 0.251 e. The molecule has 0 atom stereocenters. The van der Waals surface area contributed by atoms with Crippen molar-refractivity contribution in [3.8, 4) is 0 Å². The minimum absolute atomic E-state index is 0.0720. The largest absolute Gasteiger partial charge is 0.349 e. The number of benzene rings is 1. The van der Waals surface area contributed by atoms with Crippen molar-refractivity contribution in [1.29, 1.82) is 0 Å². The molecule has 3 heteroatoms. The minimum atomic E-state index is 0.0720. The monoisotopic (exact) mass is 201 g/mol. The molecule has 0 aliphatic heterocycles. The first-order valence-electron chi connectivity index (χ1n) is 5.55.